The maximum Gasteiger partial charge on any atom is 0.257 e. The number of nitrogens with two attached hydrogens (primary N) is 1. The van der Waals surface area contributed by atoms with E-state index in [1.165, 1.54) is 5.56 Å². The summed E-state index contributed by atoms with van der Waals surface area (Å²) in [6.07, 6.45) is 5.05. The Bertz CT molecular complexity index is 2430. The second-order valence-corrected chi connectivity index (χ2v) is 14.0. The van der Waals surface area contributed by atoms with E-state index in [9.17, 15) is 9.59 Å². The van der Waals surface area contributed by atoms with Gasteiger partial charge in [0.15, 0.2) is 23.0 Å². The summed E-state index contributed by atoms with van der Waals surface area (Å²) in [6.45, 7) is 1.24. The number of aliphatic imine (C=N–C) groups is 2. The molecule has 0 saturated heterocycles. The molecule has 1 aromatic heterocycles. The lowest BCUT2D eigenvalue weighted by atomic mass is 9.93. The molecule has 2 amide bonds. The fraction of sp³-hybridized carbons (Fsp3) is 0.233. The van der Waals surface area contributed by atoms with Gasteiger partial charge in [0.25, 0.3) is 11.8 Å². The van der Waals surface area contributed by atoms with E-state index in [0.717, 1.165) is 16.7 Å². The number of ether oxygens (including phenoxy) is 4. The lowest BCUT2D eigenvalue weighted by Crippen LogP contribution is -2.44. The smallest absolute Gasteiger partial charge is 0.257 e. The highest BCUT2D eigenvalue weighted by atomic mass is 16.5. The van der Waals surface area contributed by atoms with Crippen molar-refractivity contribution in [2.75, 3.05) is 20.0 Å². The Morgan fingerprint density at radius 1 is 0.618 bits per heavy atom. The van der Waals surface area contributed by atoms with Gasteiger partial charge in [-0.3, -0.25) is 24.6 Å². The average Bonchev–Trinajstić information content (AvgIpc) is 3.42. The average molecular weight is 735 g/mol. The number of methoxy groups -OCH3 is 2. The highest BCUT2D eigenvalue weighted by Gasteiger charge is 2.35. The van der Waals surface area contributed by atoms with E-state index in [2.05, 4.69) is 12.1 Å². The van der Waals surface area contributed by atoms with Gasteiger partial charge in [-0.05, 0) is 71.5 Å². The van der Waals surface area contributed by atoms with Gasteiger partial charge in [-0.1, -0.05) is 36.4 Å². The summed E-state index contributed by atoms with van der Waals surface area (Å²) in [7, 11) is 3.09. The first-order valence-electron chi connectivity index (χ1n) is 18.1. The molecule has 0 spiro atoms. The standard InChI is InChI=1S/C43H38N6O6/c1-52-38-15-34-36(45-19-32-13-25-6-3-4-7-27(25)21-48(32)42(34)50)17-40(38)54-23-30-8-5-9-31(47-30)24-55-41-18-37-35(16-39(41)53-2)43(51)49-22-28-12-29(44)11-10-26(28)14-33(49)20-46-37/h3-12,15-20,32-33H,13-14,21-24,44H2,1-2H3/t32-,33+/m1/s1. The molecule has 0 saturated carbocycles. The number of amides is 2. The van der Waals surface area contributed by atoms with Gasteiger partial charge >= 0.3 is 0 Å². The van der Waals surface area contributed by atoms with Gasteiger partial charge < -0.3 is 34.5 Å². The van der Waals surface area contributed by atoms with Gasteiger partial charge in [0.05, 0.1) is 60.2 Å². The number of fused-ring (bicyclic) bond motifs is 6. The van der Waals surface area contributed by atoms with Crippen LogP contribution in [-0.2, 0) is 39.1 Å². The summed E-state index contributed by atoms with van der Waals surface area (Å²) >= 11 is 0. The summed E-state index contributed by atoms with van der Waals surface area (Å²) in [5.41, 5.74) is 14.6. The Kier molecular flexibility index (Phi) is 8.64. The van der Waals surface area contributed by atoms with Crippen molar-refractivity contribution in [2.24, 2.45) is 9.98 Å². The summed E-state index contributed by atoms with van der Waals surface area (Å²) in [4.78, 5) is 45.5. The predicted octanol–water partition coefficient (Wildman–Crippen LogP) is 6.41. The molecule has 0 unspecified atom stereocenters. The number of hydrogen-bond donors (Lipinski definition) is 1. The Balaban J connectivity index is 0.895. The van der Waals surface area contributed by atoms with Gasteiger partial charge in [-0.2, -0.15) is 0 Å². The minimum atomic E-state index is -0.178. The molecule has 276 valence electrons. The number of benzene rings is 4. The number of carbonyl (C=O) groups excluding carboxylic acids is 2. The number of hydrogen-bond acceptors (Lipinski definition) is 10. The highest BCUT2D eigenvalue weighted by molar-refractivity contribution is 6.04. The summed E-state index contributed by atoms with van der Waals surface area (Å²) in [6, 6.07) is 26.2. The minimum Gasteiger partial charge on any atom is -0.493 e. The Morgan fingerprint density at radius 2 is 1.15 bits per heavy atom. The van der Waals surface area contributed by atoms with Crippen molar-refractivity contribution in [2.45, 2.75) is 51.2 Å². The number of aromatic nitrogens is 1. The first-order valence-corrected chi connectivity index (χ1v) is 18.1. The SMILES string of the molecule is COc1cc2c(cc1OCc1cccc(COc3cc4c(cc3OC)C(=O)N3Cc5ccccc5C[C@@H]3C=N4)n1)N=C[C@@H]1Cc3ccc(N)cc3CN1C2=O. The van der Waals surface area contributed by atoms with Crippen LogP contribution >= 0.6 is 0 Å². The monoisotopic (exact) mass is 734 g/mol. The van der Waals surface area contributed by atoms with Crippen LogP contribution in [0.2, 0.25) is 0 Å². The molecular formula is C43H38N6O6. The van der Waals surface area contributed by atoms with E-state index in [-0.39, 0.29) is 37.1 Å². The number of pyridine rings is 1. The zero-order valence-electron chi connectivity index (χ0n) is 30.4. The topological polar surface area (TPSA) is 141 Å². The first-order chi connectivity index (χ1) is 26.8. The molecular weight excluding hydrogens is 697 g/mol. The Labute approximate surface area is 317 Å². The van der Waals surface area contributed by atoms with E-state index < -0.39 is 0 Å². The molecule has 0 aliphatic carbocycles. The van der Waals surface area contributed by atoms with E-state index in [1.807, 2.05) is 70.8 Å². The van der Waals surface area contributed by atoms with Crippen LogP contribution in [0.1, 0.15) is 54.4 Å². The third kappa shape index (κ3) is 6.39. The second-order valence-electron chi connectivity index (χ2n) is 14.0. The third-order valence-electron chi connectivity index (χ3n) is 10.6. The first kappa shape index (κ1) is 34.1. The Morgan fingerprint density at radius 3 is 1.71 bits per heavy atom. The molecule has 4 aliphatic rings. The van der Waals surface area contributed by atoms with Gasteiger partial charge in [0.2, 0.25) is 0 Å². The van der Waals surface area contributed by atoms with E-state index in [4.69, 9.17) is 39.6 Å². The van der Waals surface area contributed by atoms with Crippen LogP contribution in [0, 0.1) is 0 Å². The largest absolute Gasteiger partial charge is 0.493 e. The molecule has 5 aromatic rings. The normalized spacial score (nSPS) is 17.8. The van der Waals surface area contributed by atoms with Gasteiger partial charge in [-0.25, -0.2) is 0 Å². The molecule has 4 aliphatic heterocycles. The number of nitrogen functional groups attached to an aromatic ring is 1. The Hall–Kier alpha value is -6.69. The van der Waals surface area contributed by atoms with Crippen LogP contribution in [0.5, 0.6) is 23.0 Å². The fourth-order valence-corrected chi connectivity index (χ4v) is 7.72. The van der Waals surface area contributed by atoms with Crippen LogP contribution in [0.3, 0.4) is 0 Å². The van der Waals surface area contributed by atoms with Gasteiger partial charge in [0, 0.05) is 43.3 Å². The van der Waals surface area contributed by atoms with Crippen molar-refractivity contribution in [3.05, 3.63) is 130 Å². The molecule has 0 fully saturated rings. The zero-order valence-corrected chi connectivity index (χ0v) is 30.4. The van der Waals surface area contributed by atoms with E-state index >= 15 is 0 Å². The summed E-state index contributed by atoms with van der Waals surface area (Å²) < 4.78 is 23.8. The van der Waals surface area contributed by atoms with Crippen molar-refractivity contribution in [3.8, 4) is 23.0 Å². The number of nitrogens with zero attached hydrogens (tertiary/aromatic N) is 5. The highest BCUT2D eigenvalue weighted by Crippen LogP contribution is 2.40. The third-order valence-corrected chi connectivity index (χ3v) is 10.6. The number of rotatable bonds is 8. The van der Waals surface area contributed by atoms with E-state index in [1.54, 1.807) is 38.5 Å². The predicted molar refractivity (Wildman–Crippen MR) is 207 cm³/mol. The van der Waals surface area contributed by atoms with Gasteiger partial charge in [0.1, 0.15) is 13.2 Å². The molecule has 0 radical (unpaired) electrons. The minimum absolute atomic E-state index is 0.0940. The van der Waals surface area contributed by atoms with Crippen LogP contribution < -0.4 is 24.7 Å². The molecule has 2 N–H and O–H groups in total. The molecule has 4 aromatic carbocycles. The fourth-order valence-electron chi connectivity index (χ4n) is 7.72. The summed E-state index contributed by atoms with van der Waals surface area (Å²) in [5.74, 6) is 1.51. The maximum atomic E-state index is 13.8. The van der Waals surface area contributed by atoms with Gasteiger partial charge in [-0.15, -0.1) is 0 Å². The molecule has 9 rings (SSSR count). The van der Waals surface area contributed by atoms with Crippen LogP contribution in [0.25, 0.3) is 0 Å². The van der Waals surface area contributed by atoms with Crippen molar-refractivity contribution in [1.29, 1.82) is 0 Å². The molecule has 2 atom stereocenters. The molecule has 12 nitrogen and oxygen atoms in total. The summed E-state index contributed by atoms with van der Waals surface area (Å²) in [5, 5.41) is 0. The molecule has 5 heterocycles. The number of carbonyl (C=O) groups is 2. The number of anilines is 1. The maximum absolute atomic E-state index is 13.8. The second kappa shape index (κ2) is 13.9. The molecule has 0 bridgehead atoms. The van der Waals surface area contributed by atoms with Crippen molar-refractivity contribution in [1.82, 2.24) is 14.8 Å². The lowest BCUT2D eigenvalue weighted by molar-refractivity contribution is 0.0696. The lowest BCUT2D eigenvalue weighted by Gasteiger charge is -2.34. The quantitative estimate of drug-likeness (QED) is 0.181. The molecule has 55 heavy (non-hydrogen) atoms. The van der Waals surface area contributed by atoms with Crippen molar-refractivity contribution >= 4 is 41.3 Å². The zero-order chi connectivity index (χ0) is 37.6. The van der Waals surface area contributed by atoms with E-state index in [0.29, 0.717) is 88.5 Å². The van der Waals surface area contributed by atoms with Crippen molar-refractivity contribution in [3.63, 3.8) is 0 Å². The van der Waals surface area contributed by atoms with Crippen LogP contribution in [0.15, 0.2) is 94.9 Å². The van der Waals surface area contributed by atoms with Crippen LogP contribution in [-0.4, -0.2) is 65.3 Å². The molecule has 12 heteroatoms. The van der Waals surface area contributed by atoms with Crippen LogP contribution in [0.4, 0.5) is 17.1 Å². The van der Waals surface area contributed by atoms with Crippen molar-refractivity contribution < 1.29 is 28.5 Å².